The van der Waals surface area contributed by atoms with Crippen LogP contribution in [0.1, 0.15) is 44.5 Å². The lowest BCUT2D eigenvalue weighted by Gasteiger charge is -2.31. The highest BCUT2D eigenvalue weighted by molar-refractivity contribution is 9.10. The van der Waals surface area contributed by atoms with Crippen LogP contribution in [0.5, 0.6) is 0 Å². The molecule has 17 heavy (non-hydrogen) atoms. The van der Waals surface area contributed by atoms with Crippen LogP contribution in [0.25, 0.3) is 0 Å². The Morgan fingerprint density at radius 1 is 1.41 bits per heavy atom. The number of Topliss-reactive ketones (excluding diaryl/α,β-unsaturated/α-hetero) is 1. The van der Waals surface area contributed by atoms with Gasteiger partial charge in [-0.1, -0.05) is 22.9 Å². The third-order valence-corrected chi connectivity index (χ3v) is 3.60. The van der Waals surface area contributed by atoms with Gasteiger partial charge in [-0.25, -0.2) is 0 Å². The van der Waals surface area contributed by atoms with Gasteiger partial charge >= 0.3 is 0 Å². The number of rotatable bonds is 5. The van der Waals surface area contributed by atoms with Crippen LogP contribution in [-0.4, -0.2) is 18.4 Å². The molecule has 1 unspecified atom stereocenters. The summed E-state index contributed by atoms with van der Waals surface area (Å²) in [5, 5.41) is 0. The Kier molecular flexibility index (Phi) is 5.19. The first kappa shape index (κ1) is 14.2. The van der Waals surface area contributed by atoms with Gasteiger partial charge in [0.15, 0.2) is 5.78 Å². The summed E-state index contributed by atoms with van der Waals surface area (Å²) < 4.78 is 0.951. The van der Waals surface area contributed by atoms with Crippen molar-refractivity contribution < 1.29 is 4.79 Å². The van der Waals surface area contributed by atoms with Crippen LogP contribution in [0.2, 0.25) is 0 Å². The highest BCUT2D eigenvalue weighted by Gasteiger charge is 2.17. The molecule has 0 amide bonds. The standard InChI is InChI=1S/C14H20BrNO/c1-5-10(3)16(6-2)14-8-7-12(15)9-13(14)11(4)17/h7-10H,5-6H2,1-4H3. The maximum absolute atomic E-state index is 11.7. The van der Waals surface area contributed by atoms with E-state index in [-0.39, 0.29) is 5.78 Å². The summed E-state index contributed by atoms with van der Waals surface area (Å²) in [6.45, 7) is 9.01. The third kappa shape index (κ3) is 3.32. The Morgan fingerprint density at radius 2 is 2.06 bits per heavy atom. The molecule has 1 atom stereocenters. The molecule has 3 heteroatoms. The van der Waals surface area contributed by atoms with Crippen molar-refractivity contribution in [3.63, 3.8) is 0 Å². The first-order valence-corrected chi connectivity index (χ1v) is 6.87. The van der Waals surface area contributed by atoms with Crippen LogP contribution in [0.4, 0.5) is 5.69 Å². The number of carbonyl (C=O) groups excluding carboxylic acids is 1. The van der Waals surface area contributed by atoms with Crippen LogP contribution >= 0.6 is 15.9 Å². The number of hydrogen-bond acceptors (Lipinski definition) is 2. The lowest BCUT2D eigenvalue weighted by atomic mass is 10.1. The third-order valence-electron chi connectivity index (χ3n) is 3.11. The van der Waals surface area contributed by atoms with Gasteiger partial charge in [0.2, 0.25) is 0 Å². The Bertz CT molecular complexity index is 403. The number of halogens is 1. The zero-order valence-corrected chi connectivity index (χ0v) is 12.5. The van der Waals surface area contributed by atoms with Gasteiger partial charge in [-0.15, -0.1) is 0 Å². The normalized spacial score (nSPS) is 12.3. The van der Waals surface area contributed by atoms with Gasteiger partial charge in [-0.2, -0.15) is 0 Å². The van der Waals surface area contributed by atoms with Gasteiger partial charge in [0.25, 0.3) is 0 Å². The Balaban J connectivity index is 3.23. The van der Waals surface area contributed by atoms with Crippen molar-refractivity contribution in [3.8, 4) is 0 Å². The second-order valence-corrected chi connectivity index (χ2v) is 5.18. The van der Waals surface area contributed by atoms with Crippen LogP contribution in [0.15, 0.2) is 22.7 Å². The van der Waals surface area contributed by atoms with Crippen molar-refractivity contribution in [2.75, 3.05) is 11.4 Å². The summed E-state index contributed by atoms with van der Waals surface area (Å²) in [7, 11) is 0. The number of anilines is 1. The molecule has 1 rings (SSSR count). The molecule has 2 nitrogen and oxygen atoms in total. The average molecular weight is 298 g/mol. The van der Waals surface area contributed by atoms with E-state index in [1.165, 1.54) is 0 Å². The molecule has 0 fully saturated rings. The van der Waals surface area contributed by atoms with Crippen LogP contribution in [-0.2, 0) is 0 Å². The van der Waals surface area contributed by atoms with Crippen molar-refractivity contribution in [2.24, 2.45) is 0 Å². The largest absolute Gasteiger partial charge is 0.369 e. The van der Waals surface area contributed by atoms with E-state index in [2.05, 4.69) is 41.6 Å². The van der Waals surface area contributed by atoms with Gasteiger partial charge in [0.1, 0.15) is 0 Å². The number of nitrogens with zero attached hydrogens (tertiary/aromatic N) is 1. The second-order valence-electron chi connectivity index (χ2n) is 4.26. The zero-order valence-electron chi connectivity index (χ0n) is 11.0. The SMILES string of the molecule is CCC(C)N(CC)c1ccc(Br)cc1C(C)=O. The molecule has 0 aliphatic carbocycles. The summed E-state index contributed by atoms with van der Waals surface area (Å²) in [6, 6.07) is 6.37. The van der Waals surface area contributed by atoms with E-state index >= 15 is 0 Å². The van der Waals surface area contributed by atoms with Gasteiger partial charge in [0.05, 0.1) is 0 Å². The molecule has 0 heterocycles. The highest BCUT2D eigenvalue weighted by Crippen LogP contribution is 2.27. The van der Waals surface area contributed by atoms with E-state index in [0.717, 1.165) is 28.7 Å². The van der Waals surface area contributed by atoms with E-state index in [9.17, 15) is 4.79 Å². The van der Waals surface area contributed by atoms with Gasteiger partial charge in [-0.05, 0) is 45.4 Å². The van der Waals surface area contributed by atoms with E-state index in [4.69, 9.17) is 0 Å². The van der Waals surface area contributed by atoms with Crippen LogP contribution in [0.3, 0.4) is 0 Å². The zero-order chi connectivity index (χ0) is 13.0. The Morgan fingerprint density at radius 3 is 2.53 bits per heavy atom. The Hall–Kier alpha value is -0.830. The summed E-state index contributed by atoms with van der Waals surface area (Å²) in [5.74, 6) is 0.114. The second kappa shape index (κ2) is 6.20. The smallest absolute Gasteiger partial charge is 0.161 e. The van der Waals surface area contributed by atoms with Crippen molar-refractivity contribution in [1.29, 1.82) is 0 Å². The molecule has 94 valence electrons. The molecule has 0 aromatic heterocycles. The monoisotopic (exact) mass is 297 g/mol. The topological polar surface area (TPSA) is 20.3 Å². The molecule has 0 bridgehead atoms. The first-order valence-electron chi connectivity index (χ1n) is 6.08. The number of benzene rings is 1. The first-order chi connectivity index (χ1) is 8.01. The van der Waals surface area contributed by atoms with Crippen LogP contribution in [0, 0.1) is 0 Å². The molecule has 0 aliphatic heterocycles. The minimum atomic E-state index is 0.114. The predicted molar refractivity (Wildman–Crippen MR) is 76.9 cm³/mol. The molecular weight excluding hydrogens is 278 g/mol. The van der Waals surface area contributed by atoms with Crippen molar-refractivity contribution >= 4 is 27.4 Å². The molecule has 0 saturated carbocycles. The van der Waals surface area contributed by atoms with Crippen molar-refractivity contribution in [1.82, 2.24) is 0 Å². The summed E-state index contributed by atoms with van der Waals surface area (Å²) >= 11 is 3.42. The Labute approximate surface area is 112 Å². The number of ketones is 1. The summed E-state index contributed by atoms with van der Waals surface area (Å²) in [5.41, 5.74) is 1.83. The van der Waals surface area contributed by atoms with Crippen molar-refractivity contribution in [3.05, 3.63) is 28.2 Å². The van der Waals surface area contributed by atoms with Gasteiger partial charge in [0, 0.05) is 28.3 Å². The molecule has 0 N–H and O–H groups in total. The quantitative estimate of drug-likeness (QED) is 0.756. The number of hydrogen-bond donors (Lipinski definition) is 0. The predicted octanol–water partition coefficient (Wildman–Crippen LogP) is 4.28. The van der Waals surface area contributed by atoms with E-state index in [1.807, 2.05) is 18.2 Å². The molecule has 0 aliphatic rings. The van der Waals surface area contributed by atoms with Gasteiger partial charge < -0.3 is 4.90 Å². The van der Waals surface area contributed by atoms with Crippen molar-refractivity contribution in [2.45, 2.75) is 40.2 Å². The fraction of sp³-hybridized carbons (Fsp3) is 0.500. The summed E-state index contributed by atoms with van der Waals surface area (Å²) in [6.07, 6.45) is 1.07. The fourth-order valence-corrected chi connectivity index (χ4v) is 2.34. The van der Waals surface area contributed by atoms with Crippen LogP contribution < -0.4 is 4.90 Å². The highest BCUT2D eigenvalue weighted by atomic mass is 79.9. The van der Waals surface area contributed by atoms with Gasteiger partial charge in [-0.3, -0.25) is 4.79 Å². The average Bonchev–Trinajstić information content (AvgIpc) is 2.31. The van der Waals surface area contributed by atoms with E-state index in [0.29, 0.717) is 6.04 Å². The maximum atomic E-state index is 11.7. The minimum Gasteiger partial charge on any atom is -0.369 e. The molecular formula is C14H20BrNO. The lowest BCUT2D eigenvalue weighted by Crippen LogP contribution is -2.33. The lowest BCUT2D eigenvalue weighted by molar-refractivity contribution is 0.101. The van der Waals surface area contributed by atoms with E-state index < -0.39 is 0 Å². The van der Waals surface area contributed by atoms with E-state index in [1.54, 1.807) is 6.92 Å². The molecule has 0 spiro atoms. The number of carbonyl (C=O) groups is 1. The summed E-state index contributed by atoms with van der Waals surface area (Å²) in [4.78, 5) is 14.0. The molecule has 1 aromatic carbocycles. The molecule has 0 radical (unpaired) electrons. The minimum absolute atomic E-state index is 0.114. The fourth-order valence-electron chi connectivity index (χ4n) is 1.98. The molecule has 1 aromatic rings. The molecule has 0 saturated heterocycles. The maximum Gasteiger partial charge on any atom is 0.161 e.